The van der Waals surface area contributed by atoms with Crippen LogP contribution in [0.3, 0.4) is 0 Å². The van der Waals surface area contributed by atoms with Crippen LogP contribution in [0.5, 0.6) is 11.5 Å². The Morgan fingerprint density at radius 3 is 2.75 bits per heavy atom. The molecule has 0 radical (unpaired) electrons. The molecule has 0 fully saturated rings. The summed E-state index contributed by atoms with van der Waals surface area (Å²) in [6, 6.07) is 5.10. The summed E-state index contributed by atoms with van der Waals surface area (Å²) in [4.78, 5) is 12.2. The van der Waals surface area contributed by atoms with Gasteiger partial charge in [-0.15, -0.1) is 0 Å². The van der Waals surface area contributed by atoms with E-state index < -0.39 is 17.5 Å². The maximum absolute atomic E-state index is 13.3. The molecule has 2 heterocycles. The molecule has 0 atom stereocenters. The Morgan fingerprint density at radius 1 is 1.08 bits per heavy atom. The van der Waals surface area contributed by atoms with Crippen LogP contribution in [-0.4, -0.2) is 19.1 Å². The number of hydrogen-bond donors (Lipinski definition) is 1. The fourth-order valence-corrected chi connectivity index (χ4v) is 3.18. The van der Waals surface area contributed by atoms with E-state index in [9.17, 15) is 13.6 Å². The Bertz CT molecular complexity index is 803. The summed E-state index contributed by atoms with van der Waals surface area (Å²) in [6.07, 6.45) is 1.58. The summed E-state index contributed by atoms with van der Waals surface area (Å²) >= 11 is 0. The minimum atomic E-state index is -1.04. The average molecular weight is 331 g/mol. The second-order valence-electron chi connectivity index (χ2n) is 5.83. The van der Waals surface area contributed by atoms with E-state index in [1.165, 1.54) is 6.07 Å². The van der Waals surface area contributed by atoms with Gasteiger partial charge in [0.1, 0.15) is 11.5 Å². The van der Waals surface area contributed by atoms with Gasteiger partial charge >= 0.3 is 0 Å². The number of nitrogens with one attached hydrogen (secondary N) is 1. The zero-order valence-corrected chi connectivity index (χ0v) is 12.8. The lowest BCUT2D eigenvalue weighted by Crippen LogP contribution is -2.24. The van der Waals surface area contributed by atoms with Gasteiger partial charge in [0.2, 0.25) is 0 Å². The molecule has 4 rings (SSSR count). The van der Waals surface area contributed by atoms with E-state index in [1.54, 1.807) is 0 Å². The zero-order valence-electron chi connectivity index (χ0n) is 12.8. The summed E-state index contributed by atoms with van der Waals surface area (Å²) in [5.74, 6) is -0.824. The highest BCUT2D eigenvalue weighted by Gasteiger charge is 2.26. The molecule has 124 valence electrons. The summed E-state index contributed by atoms with van der Waals surface area (Å²) in [5, 5.41) is 2.76. The fourth-order valence-electron chi connectivity index (χ4n) is 3.18. The largest absolute Gasteiger partial charge is 0.493 e. The van der Waals surface area contributed by atoms with Crippen molar-refractivity contribution in [3.63, 3.8) is 0 Å². The predicted octanol–water partition coefficient (Wildman–Crippen LogP) is 2.76. The van der Waals surface area contributed by atoms with E-state index >= 15 is 0 Å². The van der Waals surface area contributed by atoms with Crippen LogP contribution in [0.15, 0.2) is 24.3 Å². The number of amides is 1. The molecule has 0 unspecified atom stereocenters. The van der Waals surface area contributed by atoms with Crippen molar-refractivity contribution >= 4 is 5.91 Å². The van der Waals surface area contributed by atoms with Crippen LogP contribution >= 0.6 is 0 Å². The second-order valence-corrected chi connectivity index (χ2v) is 5.83. The molecule has 4 nitrogen and oxygen atoms in total. The predicted molar refractivity (Wildman–Crippen MR) is 82.4 cm³/mol. The quantitative estimate of drug-likeness (QED) is 0.941. The van der Waals surface area contributed by atoms with Gasteiger partial charge in [-0.1, -0.05) is 0 Å². The first-order valence-corrected chi connectivity index (χ1v) is 7.80. The molecule has 0 aliphatic carbocycles. The van der Waals surface area contributed by atoms with Crippen LogP contribution in [0.1, 0.15) is 27.0 Å². The minimum Gasteiger partial charge on any atom is -0.493 e. The van der Waals surface area contributed by atoms with Gasteiger partial charge in [0.05, 0.1) is 13.2 Å². The van der Waals surface area contributed by atoms with E-state index in [0.717, 1.165) is 53.2 Å². The molecular weight excluding hydrogens is 316 g/mol. The highest BCUT2D eigenvalue weighted by atomic mass is 19.2. The Balaban J connectivity index is 1.58. The van der Waals surface area contributed by atoms with Crippen molar-refractivity contribution in [2.24, 2.45) is 0 Å². The molecule has 0 bridgehead atoms. The molecule has 6 heteroatoms. The Morgan fingerprint density at radius 2 is 1.92 bits per heavy atom. The number of rotatable bonds is 3. The Kier molecular flexibility index (Phi) is 3.59. The lowest BCUT2D eigenvalue weighted by Gasteiger charge is -2.14. The highest BCUT2D eigenvalue weighted by Crippen LogP contribution is 2.40. The molecule has 1 amide bonds. The first kappa shape index (κ1) is 14.9. The third-order valence-electron chi connectivity index (χ3n) is 4.37. The van der Waals surface area contributed by atoms with Crippen molar-refractivity contribution in [2.45, 2.75) is 19.4 Å². The summed E-state index contributed by atoms with van der Waals surface area (Å²) in [7, 11) is 0. The Hall–Kier alpha value is -2.63. The Labute approximate surface area is 137 Å². The van der Waals surface area contributed by atoms with Gasteiger partial charge in [0, 0.05) is 41.6 Å². The third kappa shape index (κ3) is 2.48. The number of carbonyl (C=O) groups is 1. The second kappa shape index (κ2) is 5.78. The van der Waals surface area contributed by atoms with Crippen LogP contribution in [0.2, 0.25) is 0 Å². The number of hydrogen-bond acceptors (Lipinski definition) is 3. The number of fused-ring (bicyclic) bond motifs is 2. The smallest absolute Gasteiger partial charge is 0.251 e. The monoisotopic (exact) mass is 331 g/mol. The van der Waals surface area contributed by atoms with Crippen molar-refractivity contribution in [1.82, 2.24) is 5.32 Å². The van der Waals surface area contributed by atoms with Crippen molar-refractivity contribution in [3.05, 3.63) is 58.2 Å². The third-order valence-corrected chi connectivity index (χ3v) is 4.37. The number of halogens is 2. The van der Waals surface area contributed by atoms with Crippen molar-refractivity contribution in [1.29, 1.82) is 0 Å². The molecular formula is C18H15F2NO3. The van der Waals surface area contributed by atoms with E-state index in [0.29, 0.717) is 13.2 Å². The number of ether oxygens (including phenoxy) is 2. The van der Waals surface area contributed by atoms with Gasteiger partial charge in [-0.05, 0) is 24.3 Å². The summed E-state index contributed by atoms with van der Waals surface area (Å²) in [5.41, 5.74) is 3.11. The molecule has 0 saturated carbocycles. The normalized spacial score (nSPS) is 14.6. The van der Waals surface area contributed by atoms with Crippen molar-refractivity contribution in [3.8, 4) is 11.5 Å². The van der Waals surface area contributed by atoms with Gasteiger partial charge in [0.25, 0.3) is 5.91 Å². The molecule has 0 aromatic heterocycles. The molecule has 2 aliphatic rings. The SMILES string of the molecule is O=C(NCc1c2c(cc3c1OCC3)OCC2)c1ccc(F)c(F)c1. The van der Waals surface area contributed by atoms with Gasteiger partial charge < -0.3 is 14.8 Å². The van der Waals surface area contributed by atoms with Gasteiger partial charge in [0.15, 0.2) is 11.6 Å². The molecule has 0 saturated heterocycles. The molecule has 0 spiro atoms. The van der Waals surface area contributed by atoms with E-state index in [1.807, 2.05) is 6.07 Å². The molecule has 2 aromatic rings. The first-order valence-electron chi connectivity index (χ1n) is 7.80. The average Bonchev–Trinajstić information content (AvgIpc) is 3.22. The van der Waals surface area contributed by atoms with E-state index in [4.69, 9.17) is 9.47 Å². The minimum absolute atomic E-state index is 0.0790. The molecule has 2 aliphatic heterocycles. The van der Waals surface area contributed by atoms with Crippen LogP contribution in [0.25, 0.3) is 0 Å². The summed E-state index contributed by atoms with van der Waals surface area (Å²) in [6.45, 7) is 1.48. The molecule has 2 aromatic carbocycles. The van der Waals surface area contributed by atoms with Crippen LogP contribution in [0, 0.1) is 11.6 Å². The molecule has 1 N–H and O–H groups in total. The lowest BCUT2D eigenvalue weighted by atomic mass is 9.99. The fraction of sp³-hybridized carbons (Fsp3) is 0.278. The first-order chi connectivity index (χ1) is 11.6. The topological polar surface area (TPSA) is 47.6 Å². The van der Waals surface area contributed by atoms with E-state index in [-0.39, 0.29) is 12.1 Å². The van der Waals surface area contributed by atoms with Crippen molar-refractivity contribution < 1.29 is 23.0 Å². The van der Waals surface area contributed by atoms with Crippen molar-refractivity contribution in [2.75, 3.05) is 13.2 Å². The van der Waals surface area contributed by atoms with Gasteiger partial charge in [-0.25, -0.2) is 8.78 Å². The number of benzene rings is 2. The van der Waals surface area contributed by atoms with Gasteiger partial charge in [-0.3, -0.25) is 4.79 Å². The number of carbonyl (C=O) groups excluding carboxylic acids is 1. The maximum atomic E-state index is 13.3. The summed E-state index contributed by atoms with van der Waals surface area (Å²) < 4.78 is 37.6. The van der Waals surface area contributed by atoms with E-state index in [2.05, 4.69) is 5.32 Å². The maximum Gasteiger partial charge on any atom is 0.251 e. The molecule has 24 heavy (non-hydrogen) atoms. The van der Waals surface area contributed by atoms with Crippen LogP contribution in [-0.2, 0) is 19.4 Å². The lowest BCUT2D eigenvalue weighted by molar-refractivity contribution is 0.0950. The van der Waals surface area contributed by atoms with Crippen LogP contribution < -0.4 is 14.8 Å². The highest BCUT2D eigenvalue weighted by molar-refractivity contribution is 5.94. The zero-order chi connectivity index (χ0) is 16.7. The van der Waals surface area contributed by atoms with Crippen LogP contribution in [0.4, 0.5) is 8.78 Å². The standard InChI is InChI=1S/C18H15F2NO3/c19-14-2-1-11(7-15(14)20)18(22)21-9-13-12-4-6-23-16(12)8-10-3-5-24-17(10)13/h1-2,7-8H,3-6,9H2,(H,21,22). The van der Waals surface area contributed by atoms with Gasteiger partial charge in [-0.2, -0.15) is 0 Å².